The minimum atomic E-state index is -0.308. The number of carbonyl (C=O) groups is 1. The number of methoxy groups -OCH3 is 1. The maximum atomic E-state index is 11.9. The molecule has 2 heterocycles. The molecule has 0 bridgehead atoms. The third-order valence-corrected chi connectivity index (χ3v) is 3.04. The van der Waals surface area contributed by atoms with Crippen LogP contribution in [-0.2, 0) is 6.54 Å². The van der Waals surface area contributed by atoms with Crippen LogP contribution in [-0.4, -0.2) is 23.0 Å². The second kappa shape index (κ2) is 5.56. The molecule has 0 spiro atoms. The highest BCUT2D eigenvalue weighted by molar-refractivity contribution is 7.09. The van der Waals surface area contributed by atoms with E-state index in [2.05, 4.69) is 15.3 Å². The summed E-state index contributed by atoms with van der Waals surface area (Å²) in [6.45, 7) is 0.328. The van der Waals surface area contributed by atoms with Crippen LogP contribution >= 0.6 is 11.3 Å². The lowest BCUT2D eigenvalue weighted by atomic mass is 10.3. The van der Waals surface area contributed by atoms with E-state index >= 15 is 0 Å². The number of rotatable bonds is 4. The van der Waals surface area contributed by atoms with Gasteiger partial charge in [0.15, 0.2) is 0 Å². The highest BCUT2D eigenvalue weighted by Gasteiger charge is 2.13. The molecule has 0 fully saturated rings. The zero-order chi connectivity index (χ0) is 13.0. The van der Waals surface area contributed by atoms with Gasteiger partial charge in [-0.05, 0) is 12.1 Å². The van der Waals surface area contributed by atoms with Crippen molar-refractivity contribution in [1.82, 2.24) is 9.97 Å². The Morgan fingerprint density at radius 2 is 2.44 bits per heavy atom. The summed E-state index contributed by atoms with van der Waals surface area (Å²) in [5.74, 6) is 0.0531. The molecule has 0 aromatic carbocycles. The van der Waals surface area contributed by atoms with Crippen molar-refractivity contribution in [2.75, 3.05) is 12.4 Å². The topological polar surface area (TPSA) is 90.1 Å². The summed E-state index contributed by atoms with van der Waals surface area (Å²) in [4.78, 5) is 20.0. The molecule has 94 valence electrons. The fourth-order valence-corrected chi connectivity index (χ4v) is 2.00. The summed E-state index contributed by atoms with van der Waals surface area (Å²) in [5.41, 5.74) is 6.29. The van der Waals surface area contributed by atoms with Gasteiger partial charge in [-0.2, -0.15) is 0 Å². The third kappa shape index (κ3) is 2.63. The second-order valence-electron chi connectivity index (χ2n) is 3.34. The normalized spacial score (nSPS) is 10.1. The smallest absolute Gasteiger partial charge is 0.275 e. The van der Waals surface area contributed by atoms with Gasteiger partial charge in [-0.25, -0.2) is 9.97 Å². The molecule has 0 atom stereocenters. The average Bonchev–Trinajstić information content (AvgIpc) is 2.88. The minimum absolute atomic E-state index is 0.308. The lowest BCUT2D eigenvalue weighted by molar-refractivity contribution is 0.102. The summed E-state index contributed by atoms with van der Waals surface area (Å²) >= 11 is 1.35. The molecule has 0 saturated heterocycles. The Morgan fingerprint density at radius 1 is 1.61 bits per heavy atom. The van der Waals surface area contributed by atoms with E-state index in [0.29, 0.717) is 23.8 Å². The van der Waals surface area contributed by atoms with Crippen molar-refractivity contribution in [2.45, 2.75) is 6.54 Å². The number of nitrogens with two attached hydrogens (primary N) is 1. The number of ether oxygens (including phenoxy) is 1. The molecular formula is C11H12N4O2S. The molecule has 0 aliphatic heterocycles. The van der Waals surface area contributed by atoms with Crippen LogP contribution in [0.3, 0.4) is 0 Å². The Labute approximate surface area is 108 Å². The largest absolute Gasteiger partial charge is 0.480 e. The molecule has 18 heavy (non-hydrogen) atoms. The first-order valence-corrected chi connectivity index (χ1v) is 6.07. The van der Waals surface area contributed by atoms with Crippen LogP contribution in [0.15, 0.2) is 23.7 Å². The van der Waals surface area contributed by atoms with E-state index in [0.717, 1.165) is 5.01 Å². The van der Waals surface area contributed by atoms with Gasteiger partial charge in [0.05, 0.1) is 7.11 Å². The summed E-state index contributed by atoms with van der Waals surface area (Å²) < 4.78 is 5.04. The Balaban J connectivity index is 2.16. The molecule has 2 aromatic heterocycles. The molecule has 2 aromatic rings. The Hall–Kier alpha value is -1.99. The number of amides is 1. The number of hydrogen-bond acceptors (Lipinski definition) is 6. The summed E-state index contributed by atoms with van der Waals surface area (Å²) in [5, 5.41) is 5.08. The molecule has 0 radical (unpaired) electrons. The minimum Gasteiger partial charge on any atom is -0.480 e. The van der Waals surface area contributed by atoms with Crippen LogP contribution in [0.1, 0.15) is 15.5 Å². The van der Waals surface area contributed by atoms with Gasteiger partial charge < -0.3 is 15.8 Å². The van der Waals surface area contributed by atoms with Crippen molar-refractivity contribution in [2.24, 2.45) is 5.73 Å². The summed E-state index contributed by atoms with van der Waals surface area (Å²) in [7, 11) is 1.49. The highest BCUT2D eigenvalue weighted by Crippen LogP contribution is 2.20. The van der Waals surface area contributed by atoms with E-state index in [-0.39, 0.29) is 5.91 Å². The Kier molecular flexibility index (Phi) is 3.85. The molecule has 0 saturated carbocycles. The van der Waals surface area contributed by atoms with Crippen molar-refractivity contribution in [3.05, 3.63) is 34.4 Å². The Bertz CT molecular complexity index is 555. The number of thiazole rings is 1. The van der Waals surface area contributed by atoms with Crippen molar-refractivity contribution < 1.29 is 9.53 Å². The number of aromatic nitrogens is 2. The zero-order valence-corrected chi connectivity index (χ0v) is 10.5. The first-order valence-electron chi connectivity index (χ1n) is 5.19. The van der Waals surface area contributed by atoms with Crippen molar-refractivity contribution in [3.63, 3.8) is 0 Å². The molecular weight excluding hydrogens is 252 g/mol. The monoisotopic (exact) mass is 264 g/mol. The highest BCUT2D eigenvalue weighted by atomic mass is 32.1. The van der Waals surface area contributed by atoms with E-state index < -0.39 is 0 Å². The predicted molar refractivity (Wildman–Crippen MR) is 68.7 cm³/mol. The summed E-state index contributed by atoms with van der Waals surface area (Å²) in [6, 6.07) is 3.42. The number of carbonyl (C=O) groups excluding carboxylic acids is 1. The van der Waals surface area contributed by atoms with E-state index in [1.165, 1.54) is 18.4 Å². The van der Waals surface area contributed by atoms with E-state index in [1.807, 2.05) is 0 Å². The standard InChI is InChI=1S/C11H12N4O2S/c1-17-11-7(3-2-4-13-11)15-10(16)8-6-18-9(5-12)14-8/h2-4,6H,5,12H2,1H3,(H,15,16). The summed E-state index contributed by atoms with van der Waals surface area (Å²) in [6.07, 6.45) is 1.59. The van der Waals surface area contributed by atoms with E-state index in [1.54, 1.807) is 23.7 Å². The molecule has 2 rings (SSSR count). The lowest BCUT2D eigenvalue weighted by Crippen LogP contribution is -2.13. The Morgan fingerprint density at radius 3 is 3.11 bits per heavy atom. The molecule has 1 amide bonds. The van der Waals surface area contributed by atoms with Crippen LogP contribution < -0.4 is 15.8 Å². The van der Waals surface area contributed by atoms with Gasteiger partial charge in [-0.1, -0.05) is 0 Å². The molecule has 7 heteroatoms. The first-order chi connectivity index (χ1) is 8.74. The number of pyridine rings is 1. The number of anilines is 1. The molecule has 0 unspecified atom stereocenters. The maximum absolute atomic E-state index is 11.9. The van der Waals surface area contributed by atoms with Crippen LogP contribution in [0.2, 0.25) is 0 Å². The van der Waals surface area contributed by atoms with Gasteiger partial charge in [0.25, 0.3) is 5.91 Å². The maximum Gasteiger partial charge on any atom is 0.275 e. The SMILES string of the molecule is COc1ncccc1NC(=O)c1csc(CN)n1. The molecule has 0 aliphatic carbocycles. The van der Waals surface area contributed by atoms with Gasteiger partial charge in [0.2, 0.25) is 5.88 Å². The fraction of sp³-hybridized carbons (Fsp3) is 0.182. The quantitative estimate of drug-likeness (QED) is 0.867. The second-order valence-corrected chi connectivity index (χ2v) is 4.29. The van der Waals surface area contributed by atoms with E-state index in [9.17, 15) is 4.79 Å². The lowest BCUT2D eigenvalue weighted by Gasteiger charge is -2.07. The molecule has 3 N–H and O–H groups in total. The zero-order valence-electron chi connectivity index (χ0n) is 9.71. The van der Waals surface area contributed by atoms with Gasteiger partial charge in [-0.15, -0.1) is 11.3 Å². The van der Waals surface area contributed by atoms with Crippen LogP contribution in [0.25, 0.3) is 0 Å². The first kappa shape index (κ1) is 12.5. The molecule has 6 nitrogen and oxygen atoms in total. The van der Waals surface area contributed by atoms with E-state index in [4.69, 9.17) is 10.5 Å². The number of hydrogen-bond donors (Lipinski definition) is 2. The predicted octanol–water partition coefficient (Wildman–Crippen LogP) is 1.26. The van der Waals surface area contributed by atoms with Crippen LogP contribution in [0, 0.1) is 0 Å². The van der Waals surface area contributed by atoms with Crippen molar-refractivity contribution in [3.8, 4) is 5.88 Å². The van der Waals surface area contributed by atoms with Gasteiger partial charge in [0, 0.05) is 18.1 Å². The third-order valence-electron chi connectivity index (χ3n) is 2.17. The van der Waals surface area contributed by atoms with Crippen molar-refractivity contribution >= 4 is 22.9 Å². The van der Waals surface area contributed by atoms with Crippen LogP contribution in [0.4, 0.5) is 5.69 Å². The molecule has 0 aliphatic rings. The van der Waals surface area contributed by atoms with Crippen LogP contribution in [0.5, 0.6) is 5.88 Å². The van der Waals surface area contributed by atoms with Gasteiger partial charge in [0.1, 0.15) is 16.4 Å². The van der Waals surface area contributed by atoms with Gasteiger partial charge in [-0.3, -0.25) is 4.79 Å². The number of nitrogens with one attached hydrogen (secondary N) is 1. The number of nitrogens with zero attached hydrogens (tertiary/aromatic N) is 2. The average molecular weight is 264 g/mol. The van der Waals surface area contributed by atoms with Gasteiger partial charge >= 0.3 is 0 Å². The fourth-order valence-electron chi connectivity index (χ4n) is 1.34. The van der Waals surface area contributed by atoms with Crippen molar-refractivity contribution in [1.29, 1.82) is 0 Å².